The zero-order valence-electron chi connectivity index (χ0n) is 16.3. The van der Waals surface area contributed by atoms with E-state index in [9.17, 15) is 9.59 Å². The number of rotatable bonds is 5. The van der Waals surface area contributed by atoms with Crippen molar-refractivity contribution in [3.05, 3.63) is 59.7 Å². The highest BCUT2D eigenvalue weighted by Crippen LogP contribution is 2.25. The molecule has 0 N–H and O–H groups in total. The number of aryl methyl sites for hydroxylation is 1. The minimum Gasteiger partial charge on any atom is -0.467 e. The number of esters is 1. The molecule has 6 nitrogen and oxygen atoms in total. The van der Waals surface area contributed by atoms with Crippen LogP contribution >= 0.6 is 0 Å². The predicted octanol–water partition coefficient (Wildman–Crippen LogP) is 3.09. The topological polar surface area (TPSA) is 68.2 Å². The van der Waals surface area contributed by atoms with Gasteiger partial charge in [0, 0.05) is 24.8 Å². The van der Waals surface area contributed by atoms with E-state index in [1.54, 1.807) is 19.2 Å². The van der Waals surface area contributed by atoms with Crippen LogP contribution in [0.3, 0.4) is 0 Å². The number of amides is 1. The summed E-state index contributed by atoms with van der Waals surface area (Å²) in [6, 6.07) is 14.9. The number of benzene rings is 2. The summed E-state index contributed by atoms with van der Waals surface area (Å²) in [5.41, 5.74) is 4.62. The molecule has 3 rings (SSSR count). The summed E-state index contributed by atoms with van der Waals surface area (Å²) >= 11 is 0. The second kappa shape index (κ2) is 8.80. The Morgan fingerprint density at radius 2 is 1.82 bits per heavy atom. The fraction of sp³-hybridized carbons (Fsp3) is 0.318. The molecule has 0 aromatic heterocycles. The molecule has 1 saturated heterocycles. The Morgan fingerprint density at radius 3 is 2.46 bits per heavy atom. The number of nitrogens with zero attached hydrogens (tertiary/aromatic N) is 2. The number of aliphatic imine (C=N–C) groups is 1. The van der Waals surface area contributed by atoms with E-state index in [4.69, 9.17) is 9.47 Å². The molecule has 0 saturated carbocycles. The van der Waals surface area contributed by atoms with Gasteiger partial charge in [-0.25, -0.2) is 4.79 Å². The van der Waals surface area contributed by atoms with E-state index in [-0.39, 0.29) is 12.6 Å². The lowest BCUT2D eigenvalue weighted by Crippen LogP contribution is -2.41. The Bertz CT molecular complexity index is 890. The molecule has 0 aliphatic carbocycles. The van der Waals surface area contributed by atoms with E-state index in [0.29, 0.717) is 18.5 Å². The SMILES string of the molecule is COC/N=C1\C[C@@H](C(=O)OC)N(C(=O)c2ccc(-c3ccccc3C)cc2)C1. The van der Waals surface area contributed by atoms with Crippen LogP contribution < -0.4 is 0 Å². The van der Waals surface area contributed by atoms with Crippen LogP contribution in [0.5, 0.6) is 0 Å². The van der Waals surface area contributed by atoms with Gasteiger partial charge in [-0.1, -0.05) is 36.4 Å². The zero-order chi connectivity index (χ0) is 20.1. The number of hydrogen-bond acceptors (Lipinski definition) is 5. The number of likely N-dealkylation sites (tertiary alicyclic amines) is 1. The van der Waals surface area contributed by atoms with Gasteiger partial charge in [0.25, 0.3) is 5.91 Å². The van der Waals surface area contributed by atoms with Gasteiger partial charge in [-0.05, 0) is 35.7 Å². The fourth-order valence-corrected chi connectivity index (χ4v) is 3.39. The zero-order valence-corrected chi connectivity index (χ0v) is 16.3. The summed E-state index contributed by atoms with van der Waals surface area (Å²) in [7, 11) is 2.88. The summed E-state index contributed by atoms with van der Waals surface area (Å²) < 4.78 is 9.84. The number of ether oxygens (including phenoxy) is 2. The van der Waals surface area contributed by atoms with E-state index in [0.717, 1.165) is 16.8 Å². The van der Waals surface area contributed by atoms with Crippen molar-refractivity contribution in [1.29, 1.82) is 0 Å². The van der Waals surface area contributed by atoms with Gasteiger partial charge in [0.2, 0.25) is 0 Å². The van der Waals surface area contributed by atoms with Crippen molar-refractivity contribution in [3.63, 3.8) is 0 Å². The monoisotopic (exact) mass is 380 g/mol. The smallest absolute Gasteiger partial charge is 0.329 e. The standard InChI is InChI=1S/C22H24N2O4/c1-15-6-4-5-7-19(15)16-8-10-17(11-9-16)21(25)24-13-18(23-14-27-2)12-20(24)22(26)28-3/h4-11,20H,12-14H2,1-3H3/b23-18+/t20-/m0/s1. The number of carbonyl (C=O) groups is 2. The van der Waals surface area contributed by atoms with Crippen LogP contribution in [0.25, 0.3) is 11.1 Å². The minimum atomic E-state index is -0.663. The van der Waals surface area contributed by atoms with Gasteiger partial charge in [0.05, 0.1) is 13.7 Å². The predicted molar refractivity (Wildman–Crippen MR) is 107 cm³/mol. The molecule has 1 amide bonds. The van der Waals surface area contributed by atoms with Crippen LogP contribution in [-0.4, -0.2) is 56.0 Å². The summed E-state index contributed by atoms with van der Waals surface area (Å²) in [6.45, 7) is 2.55. The summed E-state index contributed by atoms with van der Waals surface area (Å²) in [5, 5.41) is 0. The van der Waals surface area contributed by atoms with Crippen LogP contribution in [0.15, 0.2) is 53.5 Å². The molecular weight excluding hydrogens is 356 g/mol. The van der Waals surface area contributed by atoms with Crippen molar-refractivity contribution < 1.29 is 19.1 Å². The summed E-state index contributed by atoms with van der Waals surface area (Å²) in [5.74, 6) is -0.651. The first-order valence-electron chi connectivity index (χ1n) is 9.11. The third-order valence-electron chi connectivity index (χ3n) is 4.90. The summed E-state index contributed by atoms with van der Waals surface area (Å²) in [4.78, 5) is 31.0. The first kappa shape index (κ1) is 19.8. The Hall–Kier alpha value is -2.99. The Balaban J connectivity index is 1.83. The molecule has 2 aromatic carbocycles. The van der Waals surface area contributed by atoms with Crippen LogP contribution in [0.1, 0.15) is 22.3 Å². The summed E-state index contributed by atoms with van der Waals surface area (Å²) in [6.07, 6.45) is 0.364. The maximum absolute atomic E-state index is 13.0. The molecule has 146 valence electrons. The Kier molecular flexibility index (Phi) is 6.21. The molecule has 1 aliphatic rings. The molecule has 1 fully saturated rings. The van der Waals surface area contributed by atoms with Crippen LogP contribution in [0.2, 0.25) is 0 Å². The van der Waals surface area contributed by atoms with E-state index < -0.39 is 12.0 Å². The van der Waals surface area contributed by atoms with E-state index in [2.05, 4.69) is 24.0 Å². The number of methoxy groups -OCH3 is 2. The van der Waals surface area contributed by atoms with Gasteiger partial charge >= 0.3 is 5.97 Å². The maximum Gasteiger partial charge on any atom is 0.329 e. The van der Waals surface area contributed by atoms with Crippen molar-refractivity contribution in [2.75, 3.05) is 27.5 Å². The maximum atomic E-state index is 13.0. The third kappa shape index (κ3) is 4.12. The highest BCUT2D eigenvalue weighted by atomic mass is 16.5. The van der Waals surface area contributed by atoms with Crippen LogP contribution in [0, 0.1) is 6.92 Å². The molecule has 0 radical (unpaired) electrons. The fourth-order valence-electron chi connectivity index (χ4n) is 3.39. The lowest BCUT2D eigenvalue weighted by Gasteiger charge is -2.22. The molecule has 28 heavy (non-hydrogen) atoms. The molecule has 0 bridgehead atoms. The molecule has 1 aliphatic heterocycles. The lowest BCUT2D eigenvalue weighted by atomic mass is 9.99. The van der Waals surface area contributed by atoms with Crippen molar-refractivity contribution in [2.24, 2.45) is 4.99 Å². The quantitative estimate of drug-likeness (QED) is 0.748. The highest BCUT2D eigenvalue weighted by Gasteiger charge is 2.38. The molecule has 0 unspecified atom stereocenters. The van der Waals surface area contributed by atoms with Crippen molar-refractivity contribution in [2.45, 2.75) is 19.4 Å². The van der Waals surface area contributed by atoms with E-state index in [1.807, 2.05) is 24.3 Å². The number of hydrogen-bond donors (Lipinski definition) is 0. The lowest BCUT2D eigenvalue weighted by molar-refractivity contribution is -0.145. The second-order valence-electron chi connectivity index (χ2n) is 6.71. The molecule has 0 spiro atoms. The minimum absolute atomic E-state index is 0.205. The molecular formula is C22H24N2O4. The van der Waals surface area contributed by atoms with Crippen molar-refractivity contribution >= 4 is 17.6 Å². The second-order valence-corrected chi connectivity index (χ2v) is 6.71. The van der Waals surface area contributed by atoms with Crippen LogP contribution in [0.4, 0.5) is 0 Å². The highest BCUT2D eigenvalue weighted by molar-refractivity contribution is 6.04. The average molecular weight is 380 g/mol. The van der Waals surface area contributed by atoms with E-state index >= 15 is 0 Å². The van der Waals surface area contributed by atoms with Gasteiger partial charge < -0.3 is 14.4 Å². The molecule has 1 atom stereocenters. The van der Waals surface area contributed by atoms with E-state index in [1.165, 1.54) is 17.6 Å². The van der Waals surface area contributed by atoms with Gasteiger partial charge in [0.1, 0.15) is 12.8 Å². The largest absolute Gasteiger partial charge is 0.467 e. The van der Waals surface area contributed by atoms with Crippen LogP contribution in [-0.2, 0) is 14.3 Å². The van der Waals surface area contributed by atoms with Crippen molar-refractivity contribution in [1.82, 2.24) is 4.90 Å². The number of carbonyl (C=O) groups excluding carboxylic acids is 2. The van der Waals surface area contributed by atoms with Gasteiger partial charge in [-0.15, -0.1) is 0 Å². The normalized spacial score (nSPS) is 17.8. The first-order chi connectivity index (χ1) is 13.5. The molecule has 2 aromatic rings. The first-order valence-corrected chi connectivity index (χ1v) is 9.11. The average Bonchev–Trinajstić information content (AvgIpc) is 3.16. The Morgan fingerprint density at radius 1 is 1.11 bits per heavy atom. The van der Waals surface area contributed by atoms with Gasteiger partial charge in [-0.3, -0.25) is 9.79 Å². The van der Waals surface area contributed by atoms with Crippen molar-refractivity contribution in [3.8, 4) is 11.1 Å². The molecule has 6 heteroatoms. The molecule has 1 heterocycles. The van der Waals surface area contributed by atoms with Gasteiger partial charge in [-0.2, -0.15) is 0 Å². The Labute approximate surface area is 164 Å². The third-order valence-corrected chi connectivity index (χ3v) is 4.90. The van der Waals surface area contributed by atoms with Gasteiger partial charge in [0.15, 0.2) is 0 Å².